The zero-order valence-electron chi connectivity index (χ0n) is 5.35. The highest BCUT2D eigenvalue weighted by molar-refractivity contribution is 4.83. The zero-order chi connectivity index (χ0) is 6.62. The van der Waals surface area contributed by atoms with Gasteiger partial charge in [0.2, 0.25) is 0 Å². The Bertz CT molecular complexity index is 76.6. The molecule has 0 saturated carbocycles. The fraction of sp³-hybridized carbons (Fsp3) is 0.667. The van der Waals surface area contributed by atoms with Gasteiger partial charge >= 0.3 is 0 Å². The second-order valence-corrected chi connectivity index (χ2v) is 2.08. The molecule has 4 N–H and O–H groups in total. The summed E-state index contributed by atoms with van der Waals surface area (Å²) < 4.78 is 0. The second-order valence-electron chi connectivity index (χ2n) is 2.08. The van der Waals surface area contributed by atoms with Crippen molar-refractivity contribution in [3.8, 4) is 0 Å². The van der Waals surface area contributed by atoms with Crippen LogP contribution in [0, 0.1) is 0 Å². The van der Waals surface area contributed by atoms with Crippen molar-refractivity contribution in [3.63, 3.8) is 0 Å². The lowest BCUT2D eigenvalue weighted by molar-refractivity contribution is 0.433. The maximum atomic E-state index is 5.53. The summed E-state index contributed by atoms with van der Waals surface area (Å²) in [7, 11) is 0. The first-order chi connectivity index (χ1) is 3.62. The molecule has 0 atom stereocenters. The molecule has 0 heterocycles. The molecule has 0 unspecified atom stereocenters. The minimum absolute atomic E-state index is 0.526. The van der Waals surface area contributed by atoms with E-state index in [4.69, 9.17) is 11.5 Å². The van der Waals surface area contributed by atoms with Gasteiger partial charge in [-0.2, -0.15) is 0 Å². The highest BCUT2D eigenvalue weighted by atomic mass is 14.9. The van der Waals surface area contributed by atoms with Crippen molar-refractivity contribution < 1.29 is 0 Å². The molecule has 0 radical (unpaired) electrons. The summed E-state index contributed by atoms with van der Waals surface area (Å²) >= 11 is 0. The highest BCUT2D eigenvalue weighted by Gasteiger charge is 2.11. The Kier molecular flexibility index (Phi) is 2.72. The summed E-state index contributed by atoms with van der Waals surface area (Å²) in [6.45, 7) is 5.50. The molecular formula is C6H14N2. The third-order valence-electron chi connectivity index (χ3n) is 1.18. The molecule has 0 aromatic rings. The quantitative estimate of drug-likeness (QED) is 0.416. The Balaban J connectivity index is 3.53. The van der Waals surface area contributed by atoms with Gasteiger partial charge in [0, 0.05) is 0 Å². The number of rotatable bonds is 3. The Hall–Kier alpha value is -0.340. The van der Waals surface area contributed by atoms with Gasteiger partial charge in [-0.05, 0) is 12.8 Å². The minimum Gasteiger partial charge on any atom is -0.313 e. The molecule has 2 heteroatoms. The molecule has 0 amide bonds. The summed E-state index contributed by atoms with van der Waals surface area (Å²) in [5.74, 6) is 0. The standard InChI is InChI=1S/C6H14N2/c1-3-5-6(7,8)4-2/h3H,1,4-5,7-8H2,2H3. The van der Waals surface area contributed by atoms with Crippen LogP contribution in [-0.4, -0.2) is 5.66 Å². The normalized spacial score (nSPS) is 11.4. The first-order valence-electron chi connectivity index (χ1n) is 2.81. The van der Waals surface area contributed by atoms with E-state index in [0.717, 1.165) is 6.42 Å². The van der Waals surface area contributed by atoms with Crippen LogP contribution in [0.15, 0.2) is 12.7 Å². The van der Waals surface area contributed by atoms with E-state index in [1.807, 2.05) is 6.92 Å². The topological polar surface area (TPSA) is 52.0 Å². The predicted octanol–water partition coefficient (Wildman–Crippen LogP) is 0.586. The van der Waals surface area contributed by atoms with Crippen molar-refractivity contribution in [1.29, 1.82) is 0 Å². The van der Waals surface area contributed by atoms with Gasteiger partial charge in [-0.1, -0.05) is 13.0 Å². The molecule has 48 valence electrons. The maximum Gasteiger partial charge on any atom is 0.0669 e. The Morgan fingerprint density at radius 1 is 1.62 bits per heavy atom. The van der Waals surface area contributed by atoms with Crippen LogP contribution in [0.4, 0.5) is 0 Å². The van der Waals surface area contributed by atoms with E-state index in [0.29, 0.717) is 6.42 Å². The van der Waals surface area contributed by atoms with Crippen molar-refractivity contribution in [2.24, 2.45) is 11.5 Å². The number of hydrogen-bond donors (Lipinski definition) is 2. The van der Waals surface area contributed by atoms with Crippen LogP contribution in [0.5, 0.6) is 0 Å². The van der Waals surface area contributed by atoms with Crippen molar-refractivity contribution in [3.05, 3.63) is 12.7 Å². The average molecular weight is 114 g/mol. The van der Waals surface area contributed by atoms with E-state index in [1.165, 1.54) is 0 Å². The monoisotopic (exact) mass is 114 g/mol. The van der Waals surface area contributed by atoms with E-state index in [-0.39, 0.29) is 0 Å². The second kappa shape index (κ2) is 2.84. The summed E-state index contributed by atoms with van der Waals surface area (Å²) in [5.41, 5.74) is 10.5. The summed E-state index contributed by atoms with van der Waals surface area (Å²) in [6, 6.07) is 0. The van der Waals surface area contributed by atoms with Gasteiger partial charge in [0.05, 0.1) is 5.66 Å². The van der Waals surface area contributed by atoms with Gasteiger partial charge in [-0.25, -0.2) is 0 Å². The van der Waals surface area contributed by atoms with Gasteiger partial charge < -0.3 is 11.5 Å². The molecule has 0 aromatic carbocycles. The lowest BCUT2D eigenvalue weighted by Gasteiger charge is -2.19. The van der Waals surface area contributed by atoms with Gasteiger partial charge in [-0.15, -0.1) is 6.58 Å². The van der Waals surface area contributed by atoms with Crippen molar-refractivity contribution in [1.82, 2.24) is 0 Å². The van der Waals surface area contributed by atoms with Crippen LogP contribution < -0.4 is 11.5 Å². The van der Waals surface area contributed by atoms with Crippen LogP contribution in [0.25, 0.3) is 0 Å². The zero-order valence-corrected chi connectivity index (χ0v) is 5.35. The molecule has 0 aliphatic carbocycles. The lowest BCUT2D eigenvalue weighted by atomic mass is 10.1. The molecule has 0 aliphatic rings. The smallest absolute Gasteiger partial charge is 0.0669 e. The number of nitrogens with two attached hydrogens (primary N) is 2. The van der Waals surface area contributed by atoms with Gasteiger partial charge in [0.1, 0.15) is 0 Å². The average Bonchev–Trinajstić information content (AvgIpc) is 1.67. The molecule has 2 nitrogen and oxygen atoms in total. The van der Waals surface area contributed by atoms with Crippen molar-refractivity contribution in [2.75, 3.05) is 0 Å². The van der Waals surface area contributed by atoms with Crippen LogP contribution in [0.2, 0.25) is 0 Å². The fourth-order valence-electron chi connectivity index (χ4n) is 0.413. The molecule has 8 heavy (non-hydrogen) atoms. The van der Waals surface area contributed by atoms with Gasteiger partial charge in [-0.3, -0.25) is 0 Å². The number of hydrogen-bond acceptors (Lipinski definition) is 2. The summed E-state index contributed by atoms with van der Waals surface area (Å²) in [4.78, 5) is 0. The molecule has 0 aliphatic heterocycles. The first-order valence-corrected chi connectivity index (χ1v) is 2.81. The third-order valence-corrected chi connectivity index (χ3v) is 1.18. The predicted molar refractivity (Wildman–Crippen MR) is 36.2 cm³/mol. The lowest BCUT2D eigenvalue weighted by Crippen LogP contribution is -2.47. The summed E-state index contributed by atoms with van der Waals surface area (Å²) in [6.07, 6.45) is 3.21. The Labute approximate surface area is 50.6 Å². The molecule has 0 rings (SSSR count). The molecule has 0 saturated heterocycles. The first kappa shape index (κ1) is 7.66. The van der Waals surface area contributed by atoms with E-state index >= 15 is 0 Å². The molecule has 0 aromatic heterocycles. The molecule has 0 spiro atoms. The van der Waals surface area contributed by atoms with E-state index < -0.39 is 5.66 Å². The Morgan fingerprint density at radius 3 is 2.25 bits per heavy atom. The third kappa shape index (κ3) is 2.77. The van der Waals surface area contributed by atoms with Crippen molar-refractivity contribution >= 4 is 0 Å². The van der Waals surface area contributed by atoms with Crippen LogP contribution >= 0.6 is 0 Å². The SMILES string of the molecule is C=CCC(N)(N)CC. The van der Waals surface area contributed by atoms with Gasteiger partial charge in [0.25, 0.3) is 0 Å². The molecule has 0 bridgehead atoms. The molecular weight excluding hydrogens is 100 g/mol. The van der Waals surface area contributed by atoms with E-state index in [9.17, 15) is 0 Å². The Morgan fingerprint density at radius 2 is 2.12 bits per heavy atom. The largest absolute Gasteiger partial charge is 0.313 e. The van der Waals surface area contributed by atoms with Crippen LogP contribution in [0.3, 0.4) is 0 Å². The highest BCUT2D eigenvalue weighted by Crippen LogP contribution is 2.02. The van der Waals surface area contributed by atoms with E-state index in [1.54, 1.807) is 6.08 Å². The fourth-order valence-corrected chi connectivity index (χ4v) is 0.413. The van der Waals surface area contributed by atoms with E-state index in [2.05, 4.69) is 6.58 Å². The maximum absolute atomic E-state index is 5.53. The van der Waals surface area contributed by atoms with Crippen molar-refractivity contribution in [2.45, 2.75) is 25.4 Å². The van der Waals surface area contributed by atoms with Crippen LogP contribution in [-0.2, 0) is 0 Å². The minimum atomic E-state index is -0.526. The van der Waals surface area contributed by atoms with Crippen LogP contribution in [0.1, 0.15) is 19.8 Å². The molecule has 0 fully saturated rings. The van der Waals surface area contributed by atoms with Gasteiger partial charge in [0.15, 0.2) is 0 Å². The summed E-state index contributed by atoms with van der Waals surface area (Å²) in [5, 5.41) is 0.